The summed E-state index contributed by atoms with van der Waals surface area (Å²) in [6.07, 6.45) is 5.83. The number of rotatable bonds is 24. The van der Waals surface area contributed by atoms with Crippen LogP contribution < -0.4 is 15.5 Å². The number of carbonyl (C=O) groups is 5. The lowest BCUT2D eigenvalue weighted by molar-refractivity contribution is -0.138. The van der Waals surface area contributed by atoms with Crippen LogP contribution in [0.4, 0.5) is 5.69 Å². The zero-order chi connectivity index (χ0) is 41.5. The second-order valence-corrected chi connectivity index (χ2v) is 15.9. The maximum Gasteiger partial charge on any atom is 0.303 e. The summed E-state index contributed by atoms with van der Waals surface area (Å²) in [6, 6.07) is 2.58. The van der Waals surface area contributed by atoms with Crippen LogP contribution in [0.5, 0.6) is 0 Å². The van der Waals surface area contributed by atoms with Crippen LogP contribution in [0.1, 0.15) is 91.5 Å². The number of carboxylic acids is 2. The number of aliphatic hydroxyl groups excluding tert-OH is 1. The van der Waals surface area contributed by atoms with Crippen LogP contribution >= 0.6 is 0 Å². The lowest BCUT2D eigenvalue weighted by atomic mass is 9.86. The van der Waals surface area contributed by atoms with Gasteiger partial charge in [0.1, 0.15) is 5.76 Å². The van der Waals surface area contributed by atoms with Crippen molar-refractivity contribution in [3.8, 4) is 0 Å². The molecule has 2 amide bonds. The van der Waals surface area contributed by atoms with E-state index in [4.69, 9.17) is 19.3 Å². The summed E-state index contributed by atoms with van der Waals surface area (Å²) in [7, 11) is -8.85. The largest absolute Gasteiger partial charge is 0.506 e. The number of aliphatic imine (C=N–C) groups is 1. The summed E-state index contributed by atoms with van der Waals surface area (Å²) in [5.41, 5.74) is 1.12. The molecule has 0 unspecified atom stereocenters. The minimum absolute atomic E-state index is 0.0231. The third kappa shape index (κ3) is 16.1. The highest BCUT2D eigenvalue weighted by Crippen LogP contribution is 2.34. The molecule has 0 fully saturated rings. The van der Waals surface area contributed by atoms with Gasteiger partial charge in [0.2, 0.25) is 5.78 Å². The molecule has 304 valence electrons. The minimum Gasteiger partial charge on any atom is -0.506 e. The Kier molecular flexibility index (Phi) is 17.9. The van der Waals surface area contributed by atoms with Gasteiger partial charge in [0.25, 0.3) is 32.1 Å². The number of hydrogen-bond donors (Lipinski definition) is 7. The van der Waals surface area contributed by atoms with E-state index in [0.717, 1.165) is 0 Å². The zero-order valence-corrected chi connectivity index (χ0v) is 32.5. The fourth-order valence-electron chi connectivity index (χ4n) is 5.41. The maximum absolute atomic E-state index is 13.3. The summed E-state index contributed by atoms with van der Waals surface area (Å²) in [6.45, 7) is 4.41. The molecular formula is C35H48N4O14S2. The third-order valence-electron chi connectivity index (χ3n) is 8.28. The number of hydrogen-bond acceptors (Lipinski definition) is 12. The molecular weight excluding hydrogens is 765 g/mol. The van der Waals surface area contributed by atoms with Gasteiger partial charge in [0, 0.05) is 67.2 Å². The first-order valence-corrected chi connectivity index (χ1v) is 20.5. The van der Waals surface area contributed by atoms with Crippen LogP contribution in [0.25, 0.3) is 0 Å². The molecule has 0 aromatic heterocycles. The minimum atomic E-state index is -4.43. The van der Waals surface area contributed by atoms with Crippen LogP contribution in [-0.4, -0.2) is 114 Å². The van der Waals surface area contributed by atoms with E-state index < -0.39 is 74.4 Å². The van der Waals surface area contributed by atoms with Gasteiger partial charge < -0.3 is 30.9 Å². The average Bonchev–Trinajstić information content (AvgIpc) is 3.07. The van der Waals surface area contributed by atoms with Crippen molar-refractivity contribution in [2.24, 2.45) is 4.99 Å². The number of allylic oxidation sites excluding steroid dienone is 5. The highest BCUT2D eigenvalue weighted by atomic mass is 32.2. The molecule has 1 aromatic rings. The topological polar surface area (TPSA) is 294 Å². The van der Waals surface area contributed by atoms with Crippen LogP contribution in [0, 0.1) is 6.92 Å². The van der Waals surface area contributed by atoms with Crippen LogP contribution in [0.15, 0.2) is 51.9 Å². The predicted octanol–water partition coefficient (Wildman–Crippen LogP) is 3.01. The third-order valence-corrected chi connectivity index (χ3v) is 9.72. The Balaban J connectivity index is 2.56. The Bertz CT molecular complexity index is 1980. The van der Waals surface area contributed by atoms with Crippen molar-refractivity contribution < 1.29 is 65.2 Å². The van der Waals surface area contributed by atoms with Gasteiger partial charge in [-0.25, -0.2) is 0 Å². The number of amides is 2. The number of anilines is 1. The van der Waals surface area contributed by atoms with E-state index in [2.05, 4.69) is 15.6 Å². The lowest BCUT2D eigenvalue weighted by Crippen LogP contribution is -2.32. The van der Waals surface area contributed by atoms with Gasteiger partial charge in [0.05, 0.1) is 22.7 Å². The van der Waals surface area contributed by atoms with E-state index in [1.165, 1.54) is 31.2 Å². The van der Waals surface area contributed by atoms with Gasteiger partial charge in [-0.3, -0.25) is 38.1 Å². The molecule has 0 heterocycles. The van der Waals surface area contributed by atoms with Gasteiger partial charge in [-0.2, -0.15) is 16.8 Å². The molecule has 0 bridgehead atoms. The fourth-order valence-corrected chi connectivity index (χ4v) is 6.13. The number of aliphatic carboxylic acids is 2. The van der Waals surface area contributed by atoms with Crippen molar-refractivity contribution in [1.82, 2.24) is 10.6 Å². The fraction of sp³-hybridized carbons (Fsp3) is 0.486. The summed E-state index contributed by atoms with van der Waals surface area (Å²) in [5, 5.41) is 33.4. The van der Waals surface area contributed by atoms with Crippen molar-refractivity contribution in [3.63, 3.8) is 0 Å². The molecule has 55 heavy (non-hydrogen) atoms. The number of benzene rings is 1. The average molecular weight is 813 g/mol. The first-order valence-electron chi connectivity index (χ1n) is 17.3. The van der Waals surface area contributed by atoms with Crippen LogP contribution in [0.3, 0.4) is 0 Å². The van der Waals surface area contributed by atoms with Gasteiger partial charge in [-0.1, -0.05) is 12.8 Å². The Morgan fingerprint density at radius 3 is 1.89 bits per heavy atom. The number of aliphatic hydroxyl groups is 1. The van der Waals surface area contributed by atoms with Crippen LogP contribution in [0.2, 0.25) is 0 Å². The smallest absolute Gasteiger partial charge is 0.303 e. The number of nitrogens with one attached hydrogen (secondary N) is 2. The van der Waals surface area contributed by atoms with Crippen molar-refractivity contribution in [3.05, 3.63) is 63.6 Å². The first-order chi connectivity index (χ1) is 25.6. The van der Waals surface area contributed by atoms with E-state index in [9.17, 15) is 45.9 Å². The van der Waals surface area contributed by atoms with E-state index in [-0.39, 0.29) is 58.7 Å². The Morgan fingerprint density at radius 1 is 0.818 bits per heavy atom. The molecule has 1 aliphatic carbocycles. The molecule has 0 saturated heterocycles. The van der Waals surface area contributed by atoms with E-state index in [0.29, 0.717) is 56.5 Å². The standard InChI is InChI=1S/C35H48N4O14S2/c1-22(36-12-8-4-6-10-30(40)41)18-27-32(44)28(33(27)45)19-23(2)39(15-9-5-7-11-31(42)43)29-21-25(34(46)37-13-16-54(48,49)50)20-26(24(29)3)35(47)38-14-17-55(51,52)53/h18-21,44H,4-17H2,1-3H3,(H,37,46)(H,38,47)(H,40,41)(H,42,43)(H,48,49,50)(H,51,52,53)/b23-19+,27-18-,36-22-. The molecule has 1 aliphatic rings. The lowest BCUT2D eigenvalue weighted by Gasteiger charge is -2.30. The Morgan fingerprint density at radius 2 is 1.36 bits per heavy atom. The number of Topliss-reactive ketones (excluding diaryl/α,β-unsaturated/α-hetero) is 1. The summed E-state index contributed by atoms with van der Waals surface area (Å²) in [5.74, 6) is -5.89. The molecule has 0 aliphatic heterocycles. The Hall–Kier alpha value is -4.92. The quantitative estimate of drug-likeness (QED) is 0.0342. The second-order valence-electron chi connectivity index (χ2n) is 12.8. The molecule has 0 atom stereocenters. The molecule has 7 N–H and O–H groups in total. The van der Waals surface area contributed by atoms with E-state index in [1.807, 2.05) is 0 Å². The normalized spacial score (nSPS) is 14.5. The van der Waals surface area contributed by atoms with E-state index >= 15 is 0 Å². The number of unbranched alkanes of at least 4 members (excludes halogenated alkanes) is 4. The predicted molar refractivity (Wildman–Crippen MR) is 203 cm³/mol. The molecule has 18 nitrogen and oxygen atoms in total. The summed E-state index contributed by atoms with van der Waals surface area (Å²) < 4.78 is 63.1. The van der Waals surface area contributed by atoms with Crippen molar-refractivity contribution in [2.75, 3.05) is 42.6 Å². The maximum atomic E-state index is 13.3. The molecule has 0 radical (unpaired) electrons. The highest BCUT2D eigenvalue weighted by molar-refractivity contribution is 7.86. The summed E-state index contributed by atoms with van der Waals surface area (Å²) in [4.78, 5) is 67.5. The molecule has 0 saturated carbocycles. The molecule has 1 aromatic carbocycles. The van der Waals surface area contributed by atoms with Crippen molar-refractivity contribution in [2.45, 2.75) is 72.1 Å². The molecule has 2 rings (SSSR count). The van der Waals surface area contributed by atoms with Gasteiger partial charge >= 0.3 is 11.9 Å². The van der Waals surface area contributed by atoms with Crippen LogP contribution in [-0.2, 0) is 34.6 Å². The number of ketones is 1. The molecule has 20 heteroatoms. The number of carboxylic acid groups (broad SMARTS) is 2. The number of carbonyl (C=O) groups excluding carboxylic acids is 3. The first kappa shape index (κ1) is 46.2. The zero-order valence-electron chi connectivity index (χ0n) is 30.8. The van der Waals surface area contributed by atoms with Crippen molar-refractivity contribution in [1.29, 1.82) is 0 Å². The van der Waals surface area contributed by atoms with Crippen molar-refractivity contribution >= 4 is 61.2 Å². The number of nitrogens with zero attached hydrogens (tertiary/aromatic N) is 2. The SMILES string of the molecule is CC(/C=C1\C(=O)C(/C=C(\C)N(CCCCCC(=O)O)c2cc(C(=O)NCCS(=O)(=O)O)cc(C(=O)NCCS(=O)(=O)O)c2C)=C1O)=N/CCCCCC(=O)O. The van der Waals surface area contributed by atoms with Gasteiger partial charge in [0.15, 0.2) is 0 Å². The highest BCUT2D eigenvalue weighted by Gasteiger charge is 2.33. The van der Waals surface area contributed by atoms with Gasteiger partial charge in [-0.05, 0) is 76.3 Å². The molecule has 0 spiro atoms. The Labute approximate surface area is 319 Å². The monoisotopic (exact) mass is 812 g/mol. The van der Waals surface area contributed by atoms with Gasteiger partial charge in [-0.15, -0.1) is 0 Å². The second kappa shape index (κ2) is 21.2. The van der Waals surface area contributed by atoms with E-state index in [1.54, 1.807) is 18.7 Å². The summed E-state index contributed by atoms with van der Waals surface area (Å²) >= 11 is 0.